The molecule has 0 aliphatic heterocycles. The molecule has 1 N–H and O–H groups in total. The van der Waals surface area contributed by atoms with Crippen LogP contribution in [-0.2, 0) is 21.1 Å². The van der Waals surface area contributed by atoms with Crippen molar-refractivity contribution in [3.05, 3.63) is 120 Å². The van der Waals surface area contributed by atoms with Crippen LogP contribution in [0.5, 0.6) is 5.75 Å². The maximum absolute atomic E-state index is 11.0. The van der Waals surface area contributed by atoms with Crippen molar-refractivity contribution >= 4 is 0 Å². The first-order chi connectivity index (χ1) is 22.6. The zero-order valence-corrected chi connectivity index (χ0v) is 31.2. The molecule has 4 aromatic carbocycles. The Morgan fingerprint density at radius 3 is 1.62 bits per heavy atom. The van der Waals surface area contributed by atoms with Gasteiger partial charge >= 0.3 is 0 Å². The SMILES string of the molecule is CC(C)c1cccc(C(C)C)c1-n1cnnc1-c1[c-]c(-c2cn(-c3c(C(C)C)cccc3C(C)C)c(-c3ccccc3O)n2)ccc1.[Pt]. The summed E-state index contributed by atoms with van der Waals surface area (Å²) in [6.07, 6.45) is 3.89. The number of aromatic hydroxyl groups is 1. The van der Waals surface area contributed by atoms with Crippen molar-refractivity contribution in [2.45, 2.75) is 79.1 Å². The van der Waals surface area contributed by atoms with Crippen molar-refractivity contribution < 1.29 is 26.2 Å². The quantitative estimate of drug-likeness (QED) is 0.148. The molecule has 0 aliphatic carbocycles. The van der Waals surface area contributed by atoms with Crippen molar-refractivity contribution in [2.75, 3.05) is 0 Å². The summed E-state index contributed by atoms with van der Waals surface area (Å²) in [6, 6.07) is 30.2. The molecule has 250 valence electrons. The van der Waals surface area contributed by atoms with Crippen LogP contribution < -0.4 is 0 Å². The van der Waals surface area contributed by atoms with E-state index in [-0.39, 0.29) is 38.7 Å². The Balaban J connectivity index is 0.00000451. The molecule has 0 amide bonds. The van der Waals surface area contributed by atoms with Gasteiger partial charge in [0.15, 0.2) is 0 Å². The van der Waals surface area contributed by atoms with E-state index in [9.17, 15) is 5.11 Å². The smallest absolute Gasteiger partial charge is 0.140 e. The summed E-state index contributed by atoms with van der Waals surface area (Å²) in [5.74, 6) is 2.84. The molecule has 2 aromatic heterocycles. The second-order valence-electron chi connectivity index (χ2n) is 13.5. The number of hydrogen-bond acceptors (Lipinski definition) is 4. The minimum atomic E-state index is 0. The maximum Gasteiger partial charge on any atom is 0.140 e. The monoisotopic (exact) mass is 817 g/mol. The van der Waals surface area contributed by atoms with Crippen molar-refractivity contribution in [3.8, 4) is 51.2 Å². The molecule has 0 saturated carbocycles. The zero-order chi connectivity index (χ0) is 33.4. The van der Waals surface area contributed by atoms with Crippen LogP contribution in [-0.4, -0.2) is 29.4 Å². The molecule has 0 bridgehead atoms. The van der Waals surface area contributed by atoms with E-state index in [0.29, 0.717) is 23.2 Å². The zero-order valence-electron chi connectivity index (χ0n) is 29.0. The minimum Gasteiger partial charge on any atom is -0.507 e. The predicted octanol–water partition coefficient (Wildman–Crippen LogP) is 10.5. The first kappa shape index (κ1) is 35.0. The van der Waals surface area contributed by atoms with Crippen LogP contribution in [0.2, 0.25) is 0 Å². The summed E-state index contributed by atoms with van der Waals surface area (Å²) in [6.45, 7) is 17.8. The van der Waals surface area contributed by atoms with Gasteiger partial charge < -0.3 is 14.2 Å². The standard InChI is InChI=1S/C41H44N5O.Pt/c1-25(2)31-17-12-18-32(26(3)4)38(31)45-23-36(43-41(45)35-16-9-10-21-37(35)47)29-14-11-15-30(22-29)40-44-42-24-46(40)39-33(27(5)6)19-13-20-34(39)28(7)8;/h9-21,23-28,47H,1-8H3;/q-1;. The van der Waals surface area contributed by atoms with E-state index in [1.807, 2.05) is 42.7 Å². The molecular weight excluding hydrogens is 774 g/mol. The number of hydrogen-bond donors (Lipinski definition) is 1. The normalized spacial score (nSPS) is 11.6. The number of aromatic nitrogens is 5. The number of phenols is 1. The Kier molecular flexibility index (Phi) is 10.6. The van der Waals surface area contributed by atoms with E-state index in [0.717, 1.165) is 34.0 Å². The summed E-state index contributed by atoms with van der Waals surface area (Å²) in [7, 11) is 0. The van der Waals surface area contributed by atoms with Crippen LogP contribution in [0.4, 0.5) is 0 Å². The number of rotatable bonds is 9. The van der Waals surface area contributed by atoms with E-state index in [1.165, 1.54) is 22.3 Å². The first-order valence-corrected chi connectivity index (χ1v) is 16.6. The van der Waals surface area contributed by atoms with Crippen LogP contribution in [0.1, 0.15) is 101 Å². The van der Waals surface area contributed by atoms with E-state index in [1.54, 1.807) is 6.07 Å². The van der Waals surface area contributed by atoms with E-state index in [4.69, 9.17) is 4.98 Å². The molecule has 7 heteroatoms. The molecule has 0 spiro atoms. The Bertz CT molecular complexity index is 1980. The van der Waals surface area contributed by atoms with Crippen LogP contribution in [0, 0.1) is 6.07 Å². The Labute approximate surface area is 299 Å². The van der Waals surface area contributed by atoms with Gasteiger partial charge in [0.2, 0.25) is 0 Å². The van der Waals surface area contributed by atoms with Gasteiger partial charge in [-0.05, 0) is 58.1 Å². The average Bonchev–Trinajstić information content (AvgIpc) is 3.72. The molecule has 0 saturated heterocycles. The average molecular weight is 818 g/mol. The van der Waals surface area contributed by atoms with Crippen molar-refractivity contribution in [3.63, 3.8) is 0 Å². The number of imidazole rings is 1. The third-order valence-corrected chi connectivity index (χ3v) is 8.88. The van der Waals surface area contributed by atoms with Crippen molar-refractivity contribution in [1.29, 1.82) is 0 Å². The Morgan fingerprint density at radius 2 is 1.08 bits per heavy atom. The number of phenolic OH excluding ortho intramolecular Hbond substituents is 1. The fraction of sp³-hybridized carbons (Fsp3) is 0.293. The van der Waals surface area contributed by atoms with Gasteiger partial charge in [-0.25, -0.2) is 0 Å². The van der Waals surface area contributed by atoms with E-state index in [2.05, 4.69) is 123 Å². The Hall–Kier alpha value is -4.28. The van der Waals surface area contributed by atoms with E-state index < -0.39 is 0 Å². The molecule has 6 nitrogen and oxygen atoms in total. The molecule has 0 aliphatic rings. The van der Waals surface area contributed by atoms with Crippen molar-refractivity contribution in [1.82, 2.24) is 24.3 Å². The second kappa shape index (κ2) is 14.5. The van der Waals surface area contributed by atoms with Gasteiger partial charge in [-0.2, -0.15) is 5.10 Å². The molecule has 6 aromatic rings. The maximum atomic E-state index is 11.0. The number of para-hydroxylation sites is 3. The summed E-state index contributed by atoms with van der Waals surface area (Å²) in [4.78, 5) is 5.20. The van der Waals surface area contributed by atoms with Crippen molar-refractivity contribution in [2.24, 2.45) is 0 Å². The molecule has 6 rings (SSSR count). The third kappa shape index (κ3) is 6.56. The third-order valence-electron chi connectivity index (χ3n) is 8.88. The van der Waals surface area contributed by atoms with Gasteiger partial charge in [-0.3, -0.25) is 4.98 Å². The van der Waals surface area contributed by atoms with Gasteiger partial charge in [0.25, 0.3) is 0 Å². The van der Waals surface area contributed by atoms with Crippen LogP contribution >= 0.6 is 0 Å². The largest absolute Gasteiger partial charge is 0.507 e. The molecule has 0 radical (unpaired) electrons. The molecule has 0 atom stereocenters. The summed E-state index contributed by atoms with van der Waals surface area (Å²) < 4.78 is 4.27. The molecule has 0 fully saturated rings. The fourth-order valence-electron chi connectivity index (χ4n) is 6.44. The minimum absolute atomic E-state index is 0. The van der Waals surface area contributed by atoms with Gasteiger partial charge in [-0.15, -0.1) is 29.4 Å². The first-order valence-electron chi connectivity index (χ1n) is 16.6. The van der Waals surface area contributed by atoms with Crippen LogP contribution in [0.15, 0.2) is 91.4 Å². The number of benzene rings is 4. The van der Waals surface area contributed by atoms with E-state index >= 15 is 0 Å². The predicted molar refractivity (Wildman–Crippen MR) is 192 cm³/mol. The fourth-order valence-corrected chi connectivity index (χ4v) is 6.44. The summed E-state index contributed by atoms with van der Waals surface area (Å²) in [5.41, 5.74) is 10.3. The molecule has 2 heterocycles. The van der Waals surface area contributed by atoms with Gasteiger partial charge in [-0.1, -0.05) is 115 Å². The van der Waals surface area contributed by atoms with Crippen LogP contribution in [0.25, 0.3) is 45.4 Å². The molecule has 48 heavy (non-hydrogen) atoms. The van der Waals surface area contributed by atoms with Gasteiger partial charge in [0.1, 0.15) is 23.7 Å². The summed E-state index contributed by atoms with van der Waals surface area (Å²) >= 11 is 0. The molecular formula is C41H44N5OPt-. The van der Waals surface area contributed by atoms with Gasteiger partial charge in [0.05, 0.1) is 11.3 Å². The topological polar surface area (TPSA) is 68.8 Å². The number of nitrogens with zero attached hydrogens (tertiary/aromatic N) is 5. The van der Waals surface area contributed by atoms with Crippen LogP contribution in [0.3, 0.4) is 0 Å². The Morgan fingerprint density at radius 1 is 0.583 bits per heavy atom. The second-order valence-corrected chi connectivity index (χ2v) is 13.5. The van der Waals surface area contributed by atoms with Gasteiger partial charge in [0, 0.05) is 38.6 Å². The summed E-state index contributed by atoms with van der Waals surface area (Å²) in [5, 5.41) is 20.0. The molecule has 0 unspecified atom stereocenters.